The summed E-state index contributed by atoms with van der Waals surface area (Å²) in [7, 11) is 0. The first-order chi connectivity index (χ1) is 12.6. The van der Waals surface area contributed by atoms with Crippen molar-refractivity contribution in [2.45, 2.75) is 26.2 Å². The van der Waals surface area contributed by atoms with E-state index < -0.39 is 10.9 Å². The molecule has 2 aromatic carbocycles. The number of ether oxygens (including phenoxy) is 1. The van der Waals surface area contributed by atoms with Gasteiger partial charge in [-0.3, -0.25) is 10.1 Å². The molecule has 27 heavy (non-hydrogen) atoms. The third kappa shape index (κ3) is 4.06. The molecule has 2 aromatic rings. The van der Waals surface area contributed by atoms with E-state index in [1.807, 2.05) is 24.3 Å². The van der Waals surface area contributed by atoms with Crippen LogP contribution in [0.2, 0.25) is 5.02 Å². The van der Waals surface area contributed by atoms with Gasteiger partial charge in [0.05, 0.1) is 4.92 Å². The lowest BCUT2D eigenvalue weighted by atomic mass is 9.87. The Morgan fingerprint density at radius 1 is 1.15 bits per heavy atom. The number of nitro benzene ring substituents is 1. The molecule has 0 aliphatic carbocycles. The molecule has 1 aliphatic rings. The number of cyclic esters (lactones) is 1. The van der Waals surface area contributed by atoms with Crippen molar-refractivity contribution >= 4 is 35.2 Å². The molecule has 0 spiro atoms. The van der Waals surface area contributed by atoms with E-state index in [0.29, 0.717) is 5.56 Å². The van der Waals surface area contributed by atoms with Crippen molar-refractivity contribution in [3.63, 3.8) is 0 Å². The Morgan fingerprint density at radius 3 is 2.41 bits per heavy atom. The second-order valence-electron chi connectivity index (χ2n) is 7.13. The van der Waals surface area contributed by atoms with Crippen LogP contribution in [0.5, 0.6) is 0 Å². The molecule has 0 saturated heterocycles. The van der Waals surface area contributed by atoms with Gasteiger partial charge in [0, 0.05) is 11.6 Å². The molecule has 1 heterocycles. The lowest BCUT2D eigenvalue weighted by molar-refractivity contribution is -0.384. The fraction of sp³-hybridized carbons (Fsp3) is 0.200. The van der Waals surface area contributed by atoms with Gasteiger partial charge in [0.2, 0.25) is 5.90 Å². The van der Waals surface area contributed by atoms with E-state index in [9.17, 15) is 14.9 Å². The fourth-order valence-electron chi connectivity index (χ4n) is 2.56. The van der Waals surface area contributed by atoms with Crippen molar-refractivity contribution in [2.24, 2.45) is 4.99 Å². The fourth-order valence-corrected chi connectivity index (χ4v) is 2.74. The van der Waals surface area contributed by atoms with E-state index in [2.05, 4.69) is 25.8 Å². The summed E-state index contributed by atoms with van der Waals surface area (Å²) in [6.45, 7) is 6.37. The maximum Gasteiger partial charge on any atom is 0.363 e. The van der Waals surface area contributed by atoms with E-state index in [4.69, 9.17) is 16.3 Å². The summed E-state index contributed by atoms with van der Waals surface area (Å²) in [6, 6.07) is 11.9. The molecule has 0 unspecified atom stereocenters. The molecule has 0 saturated carbocycles. The van der Waals surface area contributed by atoms with Crippen LogP contribution >= 0.6 is 11.6 Å². The van der Waals surface area contributed by atoms with E-state index in [1.54, 1.807) is 6.08 Å². The number of benzene rings is 2. The molecule has 3 rings (SSSR count). The van der Waals surface area contributed by atoms with Gasteiger partial charge in [0.25, 0.3) is 5.69 Å². The van der Waals surface area contributed by atoms with E-state index in [1.165, 1.54) is 23.8 Å². The van der Waals surface area contributed by atoms with Gasteiger partial charge < -0.3 is 4.74 Å². The smallest absolute Gasteiger partial charge is 0.363 e. The minimum absolute atomic E-state index is 0.00313. The highest BCUT2D eigenvalue weighted by Crippen LogP contribution is 2.28. The van der Waals surface area contributed by atoms with Gasteiger partial charge >= 0.3 is 5.97 Å². The second-order valence-corrected chi connectivity index (χ2v) is 7.54. The normalized spacial score (nSPS) is 15.6. The van der Waals surface area contributed by atoms with Crippen LogP contribution < -0.4 is 0 Å². The number of carbonyl (C=O) groups excluding carboxylic acids is 1. The third-order valence-corrected chi connectivity index (χ3v) is 4.41. The predicted molar refractivity (Wildman–Crippen MR) is 104 cm³/mol. The monoisotopic (exact) mass is 384 g/mol. The first-order valence-electron chi connectivity index (χ1n) is 8.22. The van der Waals surface area contributed by atoms with Gasteiger partial charge in [-0.1, -0.05) is 56.6 Å². The molecule has 0 N–H and O–H groups in total. The Hall–Kier alpha value is -2.99. The second kappa shape index (κ2) is 6.96. The first kappa shape index (κ1) is 18.8. The molecule has 0 fully saturated rings. The molecular formula is C20H17ClN2O4. The summed E-state index contributed by atoms with van der Waals surface area (Å²) in [5, 5.41) is 11.0. The summed E-state index contributed by atoms with van der Waals surface area (Å²) in [6.07, 6.45) is 1.62. The SMILES string of the molecule is CC(C)(C)c1ccc(/C=C2/N=C(c3ccc(Cl)c([N+](=O)[O-])c3)OC2=O)cc1. The highest BCUT2D eigenvalue weighted by molar-refractivity contribution is 6.32. The standard InChI is InChI=1S/C20H17ClN2O4/c1-20(2,3)14-7-4-12(5-8-14)10-16-19(24)27-18(22-16)13-6-9-15(21)17(11-13)23(25)26/h4-11H,1-3H3/b16-10+. The van der Waals surface area contributed by atoms with Gasteiger partial charge in [0.1, 0.15) is 5.02 Å². The van der Waals surface area contributed by atoms with Crippen LogP contribution in [0.15, 0.2) is 53.2 Å². The van der Waals surface area contributed by atoms with Crippen LogP contribution in [0, 0.1) is 10.1 Å². The van der Waals surface area contributed by atoms with Gasteiger partial charge in [-0.2, -0.15) is 0 Å². The van der Waals surface area contributed by atoms with Gasteiger partial charge in [0.15, 0.2) is 5.70 Å². The lowest BCUT2D eigenvalue weighted by Gasteiger charge is -2.18. The summed E-state index contributed by atoms with van der Waals surface area (Å²) >= 11 is 5.81. The Bertz CT molecular complexity index is 986. The first-order valence-corrected chi connectivity index (χ1v) is 8.60. The molecule has 138 valence electrons. The highest BCUT2D eigenvalue weighted by atomic mass is 35.5. The molecule has 7 heteroatoms. The number of rotatable bonds is 3. The number of nitro groups is 1. The Balaban J connectivity index is 1.91. The zero-order chi connectivity index (χ0) is 19.8. The van der Waals surface area contributed by atoms with Crippen molar-refractivity contribution < 1.29 is 14.5 Å². The molecule has 0 bridgehead atoms. The topological polar surface area (TPSA) is 81.8 Å². The predicted octanol–water partition coefficient (Wildman–Crippen LogP) is 4.89. The largest absolute Gasteiger partial charge is 0.402 e. The van der Waals surface area contributed by atoms with Gasteiger partial charge in [-0.15, -0.1) is 0 Å². The maximum absolute atomic E-state index is 12.1. The van der Waals surface area contributed by atoms with Crippen LogP contribution in [-0.2, 0) is 14.9 Å². The number of halogens is 1. The lowest BCUT2D eigenvalue weighted by Crippen LogP contribution is -2.10. The quantitative estimate of drug-likeness (QED) is 0.326. The highest BCUT2D eigenvalue weighted by Gasteiger charge is 2.26. The van der Waals surface area contributed by atoms with Crippen LogP contribution in [0.3, 0.4) is 0 Å². The molecular weight excluding hydrogens is 368 g/mol. The van der Waals surface area contributed by atoms with E-state index in [0.717, 1.165) is 5.56 Å². The summed E-state index contributed by atoms with van der Waals surface area (Å²) < 4.78 is 5.16. The van der Waals surface area contributed by atoms with Gasteiger partial charge in [-0.25, -0.2) is 9.79 Å². The number of hydrogen-bond acceptors (Lipinski definition) is 5. The van der Waals surface area contributed by atoms with Crippen LogP contribution in [0.25, 0.3) is 6.08 Å². The van der Waals surface area contributed by atoms with Crippen molar-refractivity contribution in [3.8, 4) is 0 Å². The minimum atomic E-state index is -0.609. The van der Waals surface area contributed by atoms with E-state index >= 15 is 0 Å². The Labute approximate surface area is 161 Å². The average Bonchev–Trinajstić information content (AvgIpc) is 2.95. The third-order valence-electron chi connectivity index (χ3n) is 4.09. The summed E-state index contributed by atoms with van der Waals surface area (Å²) in [4.78, 5) is 26.7. The zero-order valence-corrected chi connectivity index (χ0v) is 15.8. The number of carbonyl (C=O) groups is 1. The van der Waals surface area contributed by atoms with Crippen LogP contribution in [0.4, 0.5) is 5.69 Å². The molecule has 0 aromatic heterocycles. The molecule has 1 aliphatic heterocycles. The molecule has 0 radical (unpaired) electrons. The number of nitrogens with zero attached hydrogens (tertiary/aromatic N) is 2. The van der Waals surface area contributed by atoms with Crippen molar-refractivity contribution in [1.82, 2.24) is 0 Å². The van der Waals surface area contributed by atoms with Crippen molar-refractivity contribution in [3.05, 3.63) is 80.0 Å². The summed E-state index contributed by atoms with van der Waals surface area (Å²) in [5.41, 5.74) is 2.19. The molecule has 0 amide bonds. The number of aliphatic imine (C=N–C) groups is 1. The average molecular weight is 385 g/mol. The molecule has 6 nitrogen and oxygen atoms in total. The Kier molecular flexibility index (Phi) is 4.85. The van der Waals surface area contributed by atoms with E-state index in [-0.39, 0.29) is 27.7 Å². The zero-order valence-electron chi connectivity index (χ0n) is 15.0. The van der Waals surface area contributed by atoms with Gasteiger partial charge in [-0.05, 0) is 34.8 Å². The Morgan fingerprint density at radius 2 is 1.81 bits per heavy atom. The van der Waals surface area contributed by atoms with Crippen LogP contribution in [0.1, 0.15) is 37.5 Å². The van der Waals surface area contributed by atoms with Crippen molar-refractivity contribution in [1.29, 1.82) is 0 Å². The minimum Gasteiger partial charge on any atom is -0.402 e. The molecule has 0 atom stereocenters. The number of esters is 1. The number of hydrogen-bond donors (Lipinski definition) is 0. The van der Waals surface area contributed by atoms with Crippen LogP contribution in [-0.4, -0.2) is 16.8 Å². The van der Waals surface area contributed by atoms with Crippen molar-refractivity contribution in [2.75, 3.05) is 0 Å². The summed E-state index contributed by atoms with van der Waals surface area (Å²) in [5.74, 6) is -0.597. The maximum atomic E-state index is 12.1.